The standard InChI is InChI=1S/C51H99NO3/c1-3-5-7-9-11-13-15-17-19-21-23-25-26-27-28-30-32-34-36-38-40-42-44-46-50(54)49(48-53)52-51(55)47-45-43-41-39-37-35-33-31-29-24-22-20-18-16-14-12-10-8-6-4-2/h24,29,44,46,49-50,53-54H,3-23,25-28,30-43,45,47-48H2,1-2H3,(H,52,55)/b29-24-,46-44+. The maximum absolute atomic E-state index is 12.4. The number of hydrogen-bond donors (Lipinski definition) is 3. The largest absolute Gasteiger partial charge is 0.394 e. The predicted molar refractivity (Wildman–Crippen MR) is 244 cm³/mol. The van der Waals surface area contributed by atoms with E-state index in [1.54, 1.807) is 6.08 Å². The topological polar surface area (TPSA) is 69.6 Å². The van der Waals surface area contributed by atoms with Crippen molar-refractivity contribution in [3.63, 3.8) is 0 Å². The van der Waals surface area contributed by atoms with Crippen LogP contribution in [0.1, 0.15) is 277 Å². The number of rotatable bonds is 46. The zero-order chi connectivity index (χ0) is 40.0. The fourth-order valence-corrected chi connectivity index (χ4v) is 7.82. The molecule has 0 radical (unpaired) electrons. The van der Waals surface area contributed by atoms with Gasteiger partial charge in [0.05, 0.1) is 18.8 Å². The third-order valence-electron chi connectivity index (χ3n) is 11.7. The van der Waals surface area contributed by atoms with E-state index in [1.165, 1.54) is 231 Å². The third-order valence-corrected chi connectivity index (χ3v) is 11.7. The second-order valence-corrected chi connectivity index (χ2v) is 17.2. The first-order valence-electron chi connectivity index (χ1n) is 25.1. The van der Waals surface area contributed by atoms with Crippen molar-refractivity contribution in [3.8, 4) is 0 Å². The van der Waals surface area contributed by atoms with Gasteiger partial charge in [0.15, 0.2) is 0 Å². The average Bonchev–Trinajstić information content (AvgIpc) is 3.19. The van der Waals surface area contributed by atoms with Crippen LogP contribution >= 0.6 is 0 Å². The Labute approximate surface area is 345 Å². The minimum atomic E-state index is -0.839. The van der Waals surface area contributed by atoms with Crippen molar-refractivity contribution in [1.29, 1.82) is 0 Å². The molecule has 2 unspecified atom stereocenters. The van der Waals surface area contributed by atoms with E-state index in [0.717, 1.165) is 25.7 Å². The number of carbonyl (C=O) groups excluding carboxylic acids is 1. The molecule has 0 rings (SSSR count). The summed E-state index contributed by atoms with van der Waals surface area (Å²) in [6, 6.07) is -0.623. The summed E-state index contributed by atoms with van der Waals surface area (Å²) in [5.74, 6) is -0.0648. The van der Waals surface area contributed by atoms with Crippen LogP contribution in [0.5, 0.6) is 0 Å². The number of nitrogens with one attached hydrogen (secondary N) is 1. The van der Waals surface area contributed by atoms with E-state index in [4.69, 9.17) is 0 Å². The summed E-state index contributed by atoms with van der Waals surface area (Å²) in [7, 11) is 0. The quantitative estimate of drug-likeness (QED) is 0.0426. The van der Waals surface area contributed by atoms with Crippen LogP contribution in [0.2, 0.25) is 0 Å². The molecule has 0 heterocycles. The fraction of sp³-hybridized carbons (Fsp3) is 0.902. The highest BCUT2D eigenvalue weighted by molar-refractivity contribution is 5.76. The first kappa shape index (κ1) is 53.9. The molecule has 0 aliphatic carbocycles. The number of amides is 1. The smallest absolute Gasteiger partial charge is 0.220 e. The number of hydrogen-bond acceptors (Lipinski definition) is 3. The molecule has 1 amide bonds. The molecule has 55 heavy (non-hydrogen) atoms. The van der Waals surface area contributed by atoms with Crippen LogP contribution < -0.4 is 5.32 Å². The molecule has 0 saturated carbocycles. The summed E-state index contributed by atoms with van der Waals surface area (Å²) in [6.45, 7) is 4.33. The molecular weight excluding hydrogens is 675 g/mol. The molecule has 0 spiro atoms. The summed E-state index contributed by atoms with van der Waals surface area (Å²) in [5.41, 5.74) is 0. The Morgan fingerprint density at radius 1 is 0.418 bits per heavy atom. The lowest BCUT2D eigenvalue weighted by Gasteiger charge is -2.20. The SMILES string of the molecule is CCCCCCCCCCC/C=C\CCCCCCCCCC(=O)NC(CO)C(O)/C=C/CCCCCCCCCCCCCCCCCCCCCCC. The van der Waals surface area contributed by atoms with E-state index in [0.29, 0.717) is 6.42 Å². The zero-order valence-electron chi connectivity index (χ0n) is 37.5. The third kappa shape index (κ3) is 43.8. The predicted octanol–water partition coefficient (Wildman–Crippen LogP) is 16.0. The van der Waals surface area contributed by atoms with Crippen LogP contribution in [-0.4, -0.2) is 34.9 Å². The normalized spacial score (nSPS) is 13.0. The molecule has 0 bridgehead atoms. The molecule has 0 aromatic rings. The Hall–Kier alpha value is -1.13. The van der Waals surface area contributed by atoms with Crippen molar-refractivity contribution in [2.75, 3.05) is 6.61 Å². The van der Waals surface area contributed by atoms with Crippen molar-refractivity contribution in [2.24, 2.45) is 0 Å². The van der Waals surface area contributed by atoms with Gasteiger partial charge in [0, 0.05) is 6.42 Å². The van der Waals surface area contributed by atoms with Crippen LogP contribution in [0.3, 0.4) is 0 Å². The summed E-state index contributed by atoms with van der Waals surface area (Å²) in [4.78, 5) is 12.4. The first-order valence-corrected chi connectivity index (χ1v) is 25.1. The van der Waals surface area contributed by atoms with Crippen LogP contribution in [0.4, 0.5) is 0 Å². The lowest BCUT2D eigenvalue weighted by molar-refractivity contribution is -0.123. The second kappa shape index (κ2) is 47.2. The molecule has 326 valence electrons. The van der Waals surface area contributed by atoms with Gasteiger partial charge < -0.3 is 15.5 Å². The Bertz CT molecular complexity index is 795. The molecule has 0 aliphatic rings. The summed E-state index contributed by atoms with van der Waals surface area (Å²) < 4.78 is 0. The molecule has 0 aromatic heterocycles. The van der Waals surface area contributed by atoms with E-state index < -0.39 is 12.1 Å². The maximum Gasteiger partial charge on any atom is 0.220 e. The lowest BCUT2D eigenvalue weighted by atomic mass is 10.0. The monoisotopic (exact) mass is 774 g/mol. The molecule has 0 fully saturated rings. The van der Waals surface area contributed by atoms with Gasteiger partial charge in [0.25, 0.3) is 0 Å². The minimum absolute atomic E-state index is 0.0648. The Morgan fingerprint density at radius 2 is 0.691 bits per heavy atom. The van der Waals surface area contributed by atoms with Crippen LogP contribution in [0.25, 0.3) is 0 Å². The molecule has 0 saturated heterocycles. The Balaban J connectivity index is 3.52. The van der Waals surface area contributed by atoms with Crippen molar-refractivity contribution >= 4 is 5.91 Å². The van der Waals surface area contributed by atoms with Gasteiger partial charge >= 0.3 is 0 Å². The number of aliphatic hydroxyl groups is 2. The second-order valence-electron chi connectivity index (χ2n) is 17.2. The summed E-state index contributed by atoms with van der Waals surface area (Å²) in [6.07, 6.45) is 61.7. The first-order chi connectivity index (χ1) is 27.2. The number of carbonyl (C=O) groups is 1. The van der Waals surface area contributed by atoms with Gasteiger partial charge in [0.1, 0.15) is 0 Å². The maximum atomic E-state index is 12.4. The molecule has 3 N–H and O–H groups in total. The van der Waals surface area contributed by atoms with Gasteiger partial charge in [-0.1, -0.05) is 250 Å². The Morgan fingerprint density at radius 3 is 1.00 bits per heavy atom. The van der Waals surface area contributed by atoms with Crippen molar-refractivity contribution in [1.82, 2.24) is 5.32 Å². The average molecular weight is 774 g/mol. The van der Waals surface area contributed by atoms with E-state index in [9.17, 15) is 15.0 Å². The van der Waals surface area contributed by atoms with Gasteiger partial charge in [-0.15, -0.1) is 0 Å². The zero-order valence-corrected chi connectivity index (χ0v) is 37.5. The molecule has 0 aromatic carbocycles. The Kier molecular flexibility index (Phi) is 46.3. The highest BCUT2D eigenvalue weighted by Gasteiger charge is 2.18. The summed E-state index contributed by atoms with van der Waals surface area (Å²) in [5, 5.41) is 23.1. The van der Waals surface area contributed by atoms with E-state index in [1.807, 2.05) is 6.08 Å². The lowest BCUT2D eigenvalue weighted by Crippen LogP contribution is -2.45. The van der Waals surface area contributed by atoms with E-state index in [-0.39, 0.29) is 12.5 Å². The molecular formula is C51H99NO3. The van der Waals surface area contributed by atoms with Crippen molar-refractivity contribution < 1.29 is 15.0 Å². The van der Waals surface area contributed by atoms with E-state index >= 15 is 0 Å². The van der Waals surface area contributed by atoms with Crippen molar-refractivity contribution in [2.45, 2.75) is 289 Å². The highest BCUT2D eigenvalue weighted by Crippen LogP contribution is 2.16. The van der Waals surface area contributed by atoms with Crippen LogP contribution in [0, 0.1) is 0 Å². The summed E-state index contributed by atoms with van der Waals surface area (Å²) >= 11 is 0. The minimum Gasteiger partial charge on any atom is -0.394 e. The van der Waals surface area contributed by atoms with Gasteiger partial charge in [0.2, 0.25) is 5.91 Å². The highest BCUT2D eigenvalue weighted by atomic mass is 16.3. The van der Waals surface area contributed by atoms with Crippen LogP contribution in [0.15, 0.2) is 24.3 Å². The number of unbranched alkanes of at least 4 members (excludes halogenated alkanes) is 37. The van der Waals surface area contributed by atoms with Crippen LogP contribution in [-0.2, 0) is 4.79 Å². The molecule has 4 heteroatoms. The van der Waals surface area contributed by atoms with E-state index in [2.05, 4.69) is 31.3 Å². The van der Waals surface area contributed by atoms with Gasteiger partial charge in [-0.2, -0.15) is 0 Å². The van der Waals surface area contributed by atoms with Gasteiger partial charge in [-0.3, -0.25) is 4.79 Å². The molecule has 4 nitrogen and oxygen atoms in total. The van der Waals surface area contributed by atoms with Crippen molar-refractivity contribution in [3.05, 3.63) is 24.3 Å². The number of aliphatic hydroxyl groups excluding tert-OH is 2. The number of allylic oxidation sites excluding steroid dienone is 3. The molecule has 0 aliphatic heterocycles. The molecule has 2 atom stereocenters. The van der Waals surface area contributed by atoms with Gasteiger partial charge in [-0.05, 0) is 44.9 Å². The fourth-order valence-electron chi connectivity index (χ4n) is 7.82. The van der Waals surface area contributed by atoms with Gasteiger partial charge in [-0.25, -0.2) is 0 Å².